The van der Waals surface area contributed by atoms with Crippen molar-refractivity contribution < 1.29 is 9.84 Å². The summed E-state index contributed by atoms with van der Waals surface area (Å²) in [5.41, 5.74) is 6.63. The Morgan fingerprint density at radius 3 is 2.79 bits per heavy atom. The third kappa shape index (κ3) is 4.41. The largest absolute Gasteiger partial charge is 0.394 e. The molecule has 6 heteroatoms. The lowest BCUT2D eigenvalue weighted by Gasteiger charge is -2.31. The van der Waals surface area contributed by atoms with Crippen molar-refractivity contribution in [3.05, 3.63) is 17.6 Å². The molecule has 0 radical (unpaired) electrons. The van der Waals surface area contributed by atoms with E-state index in [0.717, 1.165) is 44.0 Å². The van der Waals surface area contributed by atoms with Gasteiger partial charge in [-0.05, 0) is 19.8 Å². The summed E-state index contributed by atoms with van der Waals surface area (Å²) in [6, 6.07) is 1.78. The molecule has 0 spiro atoms. The number of nitrogens with zero attached hydrogens (tertiary/aromatic N) is 3. The Labute approximate surface area is 113 Å². The smallest absolute Gasteiger partial charge is 0.144 e. The number of nitrogen functional groups attached to an aromatic ring is 1. The Balaban J connectivity index is 1.82. The number of hydrogen-bond acceptors (Lipinski definition) is 6. The predicted molar refractivity (Wildman–Crippen MR) is 72.5 cm³/mol. The van der Waals surface area contributed by atoms with Gasteiger partial charge in [0.25, 0.3) is 0 Å². The fraction of sp³-hybridized carbons (Fsp3) is 0.692. The van der Waals surface area contributed by atoms with Crippen LogP contribution in [0.4, 0.5) is 5.82 Å². The van der Waals surface area contributed by atoms with Crippen LogP contribution in [0.25, 0.3) is 0 Å². The molecule has 1 aromatic rings. The summed E-state index contributed by atoms with van der Waals surface area (Å²) < 4.78 is 5.54. The van der Waals surface area contributed by atoms with Crippen LogP contribution in [-0.4, -0.2) is 52.4 Å². The van der Waals surface area contributed by atoms with Crippen LogP contribution in [0.1, 0.15) is 24.4 Å². The first kappa shape index (κ1) is 14.2. The first-order valence-electron chi connectivity index (χ1n) is 6.72. The maximum absolute atomic E-state index is 8.73. The molecule has 0 bridgehead atoms. The minimum atomic E-state index is 0.0939. The van der Waals surface area contributed by atoms with E-state index in [9.17, 15) is 0 Å². The maximum atomic E-state index is 8.73. The molecule has 6 nitrogen and oxygen atoms in total. The van der Waals surface area contributed by atoms with Gasteiger partial charge in [-0.25, -0.2) is 9.97 Å². The van der Waals surface area contributed by atoms with E-state index < -0.39 is 0 Å². The lowest BCUT2D eigenvalue weighted by atomic mass is 10.1. The van der Waals surface area contributed by atoms with Crippen molar-refractivity contribution in [2.45, 2.75) is 32.4 Å². The van der Waals surface area contributed by atoms with Crippen LogP contribution in [-0.2, 0) is 11.3 Å². The molecule has 19 heavy (non-hydrogen) atoms. The van der Waals surface area contributed by atoms with Crippen molar-refractivity contribution in [2.24, 2.45) is 0 Å². The van der Waals surface area contributed by atoms with Crippen molar-refractivity contribution in [1.82, 2.24) is 14.9 Å². The molecule has 1 aliphatic heterocycles. The Hall–Kier alpha value is -1.24. The number of rotatable bonds is 5. The van der Waals surface area contributed by atoms with E-state index >= 15 is 0 Å². The number of piperidine rings is 1. The normalized spacial score (nSPS) is 17.8. The molecule has 2 rings (SSSR count). The van der Waals surface area contributed by atoms with Crippen LogP contribution in [0.2, 0.25) is 0 Å². The van der Waals surface area contributed by atoms with E-state index in [2.05, 4.69) is 14.9 Å². The monoisotopic (exact) mass is 266 g/mol. The summed E-state index contributed by atoms with van der Waals surface area (Å²) in [6.07, 6.45) is 2.25. The Kier molecular flexibility index (Phi) is 5.07. The molecule has 106 valence electrons. The average molecular weight is 266 g/mol. The molecule has 0 atom stereocenters. The molecule has 0 amide bonds. The lowest BCUT2D eigenvalue weighted by molar-refractivity contribution is -0.00938. The minimum Gasteiger partial charge on any atom is -0.394 e. The highest BCUT2D eigenvalue weighted by Gasteiger charge is 2.20. The van der Waals surface area contributed by atoms with Gasteiger partial charge in [-0.3, -0.25) is 4.90 Å². The molecule has 0 aliphatic carbocycles. The molecule has 0 aromatic carbocycles. The van der Waals surface area contributed by atoms with Gasteiger partial charge in [0.2, 0.25) is 0 Å². The molecular weight excluding hydrogens is 244 g/mol. The SMILES string of the molecule is Cc1cc(N)nc(CN2CCC(OCCO)CC2)n1. The first-order valence-corrected chi connectivity index (χ1v) is 6.72. The van der Waals surface area contributed by atoms with Gasteiger partial charge in [0.15, 0.2) is 0 Å². The highest BCUT2D eigenvalue weighted by Crippen LogP contribution is 2.15. The molecule has 0 unspecified atom stereocenters. The maximum Gasteiger partial charge on any atom is 0.144 e. The number of ether oxygens (including phenoxy) is 1. The van der Waals surface area contributed by atoms with Crippen LogP contribution in [0.5, 0.6) is 0 Å². The molecule has 1 aliphatic rings. The van der Waals surface area contributed by atoms with Crippen molar-refractivity contribution in [2.75, 3.05) is 32.0 Å². The van der Waals surface area contributed by atoms with E-state index in [1.165, 1.54) is 0 Å². The minimum absolute atomic E-state index is 0.0939. The summed E-state index contributed by atoms with van der Waals surface area (Å²) in [4.78, 5) is 11.0. The van der Waals surface area contributed by atoms with Crippen LogP contribution < -0.4 is 5.73 Å². The molecule has 1 aromatic heterocycles. The summed E-state index contributed by atoms with van der Waals surface area (Å²) in [5, 5.41) is 8.73. The second kappa shape index (κ2) is 6.79. The summed E-state index contributed by atoms with van der Waals surface area (Å²) in [7, 11) is 0. The van der Waals surface area contributed by atoms with Gasteiger partial charge >= 0.3 is 0 Å². The number of nitrogens with two attached hydrogens (primary N) is 1. The van der Waals surface area contributed by atoms with Gasteiger partial charge < -0.3 is 15.6 Å². The topological polar surface area (TPSA) is 84.5 Å². The van der Waals surface area contributed by atoms with Crippen LogP contribution in [0, 0.1) is 6.92 Å². The van der Waals surface area contributed by atoms with Crippen molar-refractivity contribution in [3.8, 4) is 0 Å². The highest BCUT2D eigenvalue weighted by molar-refractivity contribution is 5.29. The third-order valence-electron chi connectivity index (χ3n) is 3.26. The van der Waals surface area contributed by atoms with Crippen molar-refractivity contribution in [3.63, 3.8) is 0 Å². The van der Waals surface area contributed by atoms with Gasteiger partial charge in [0.1, 0.15) is 11.6 Å². The quantitative estimate of drug-likeness (QED) is 0.799. The molecule has 1 fully saturated rings. The van der Waals surface area contributed by atoms with E-state index in [0.29, 0.717) is 12.4 Å². The fourth-order valence-corrected chi connectivity index (χ4v) is 2.38. The summed E-state index contributed by atoms with van der Waals surface area (Å²) >= 11 is 0. The fourth-order valence-electron chi connectivity index (χ4n) is 2.38. The van der Waals surface area contributed by atoms with E-state index in [-0.39, 0.29) is 12.7 Å². The van der Waals surface area contributed by atoms with E-state index in [1.807, 2.05) is 6.92 Å². The molecular formula is C13H22N4O2. The molecule has 2 heterocycles. The van der Waals surface area contributed by atoms with Gasteiger partial charge in [-0.15, -0.1) is 0 Å². The number of aliphatic hydroxyl groups is 1. The van der Waals surface area contributed by atoms with E-state index in [1.54, 1.807) is 6.07 Å². The number of aliphatic hydroxyl groups excluding tert-OH is 1. The third-order valence-corrected chi connectivity index (χ3v) is 3.26. The highest BCUT2D eigenvalue weighted by atomic mass is 16.5. The Morgan fingerprint density at radius 1 is 1.42 bits per heavy atom. The second-order valence-corrected chi connectivity index (χ2v) is 4.92. The summed E-state index contributed by atoms with van der Waals surface area (Å²) in [6.45, 7) is 5.12. The van der Waals surface area contributed by atoms with Crippen molar-refractivity contribution in [1.29, 1.82) is 0 Å². The zero-order valence-corrected chi connectivity index (χ0v) is 11.4. The summed E-state index contributed by atoms with van der Waals surface area (Å²) in [5.74, 6) is 1.32. The number of likely N-dealkylation sites (tertiary alicyclic amines) is 1. The number of aromatic nitrogens is 2. The zero-order valence-electron chi connectivity index (χ0n) is 11.4. The molecule has 1 saturated heterocycles. The van der Waals surface area contributed by atoms with Crippen LogP contribution in [0.15, 0.2) is 6.07 Å². The van der Waals surface area contributed by atoms with Gasteiger partial charge in [-0.2, -0.15) is 0 Å². The second-order valence-electron chi connectivity index (χ2n) is 4.92. The number of hydrogen-bond donors (Lipinski definition) is 2. The lowest BCUT2D eigenvalue weighted by Crippen LogP contribution is -2.37. The first-order chi connectivity index (χ1) is 9.17. The molecule has 0 saturated carbocycles. The van der Waals surface area contributed by atoms with E-state index in [4.69, 9.17) is 15.6 Å². The predicted octanol–water partition coefficient (Wildman–Crippen LogP) is 0.341. The zero-order chi connectivity index (χ0) is 13.7. The number of anilines is 1. The van der Waals surface area contributed by atoms with Crippen LogP contribution >= 0.6 is 0 Å². The average Bonchev–Trinajstić information content (AvgIpc) is 2.37. The Morgan fingerprint density at radius 2 is 2.16 bits per heavy atom. The van der Waals surface area contributed by atoms with Gasteiger partial charge in [-0.1, -0.05) is 0 Å². The number of aryl methyl sites for hydroxylation is 1. The van der Waals surface area contributed by atoms with Gasteiger partial charge in [0, 0.05) is 24.8 Å². The molecule has 3 N–H and O–H groups in total. The standard InChI is InChI=1S/C13H22N4O2/c1-10-8-12(14)16-13(15-10)9-17-4-2-11(3-5-17)19-7-6-18/h8,11,18H,2-7,9H2,1H3,(H2,14,15,16). The Bertz CT molecular complexity index is 385. The van der Waals surface area contributed by atoms with Gasteiger partial charge in [0.05, 0.1) is 25.9 Å². The van der Waals surface area contributed by atoms with Crippen molar-refractivity contribution >= 4 is 5.82 Å². The van der Waals surface area contributed by atoms with Crippen LogP contribution in [0.3, 0.4) is 0 Å².